The van der Waals surface area contributed by atoms with E-state index < -0.39 is 35.4 Å². The highest BCUT2D eigenvalue weighted by Gasteiger charge is 2.33. The summed E-state index contributed by atoms with van der Waals surface area (Å²) in [6, 6.07) is 2.31. The van der Waals surface area contributed by atoms with Crippen LogP contribution in [0.3, 0.4) is 0 Å². The number of nitrogens with zero attached hydrogens (tertiary/aromatic N) is 1. The van der Waals surface area contributed by atoms with Gasteiger partial charge in [0.1, 0.15) is 5.82 Å². The zero-order valence-corrected chi connectivity index (χ0v) is 14.5. The van der Waals surface area contributed by atoms with Crippen molar-refractivity contribution in [1.82, 2.24) is 10.2 Å². The molecule has 1 heterocycles. The van der Waals surface area contributed by atoms with E-state index in [0.29, 0.717) is 32.0 Å². The molecule has 2 N–H and O–H groups in total. The molecule has 2 rings (SSSR count). The molecule has 1 aromatic rings. The van der Waals surface area contributed by atoms with Crippen molar-refractivity contribution in [2.75, 3.05) is 19.6 Å². The molecule has 26 heavy (non-hydrogen) atoms. The third-order valence-corrected chi connectivity index (χ3v) is 4.16. The summed E-state index contributed by atoms with van der Waals surface area (Å²) in [6.07, 6.45) is -3.85. The van der Waals surface area contributed by atoms with Crippen LogP contribution in [-0.4, -0.2) is 41.5 Å². The zero-order valence-electron chi connectivity index (χ0n) is 13.7. The average molecular weight is 399 g/mol. The predicted molar refractivity (Wildman–Crippen MR) is 87.3 cm³/mol. The number of benzene rings is 1. The van der Waals surface area contributed by atoms with Crippen LogP contribution in [0.5, 0.6) is 0 Å². The van der Waals surface area contributed by atoms with Crippen molar-refractivity contribution in [3.05, 3.63) is 35.1 Å². The first-order valence-corrected chi connectivity index (χ1v) is 7.74. The molecule has 0 saturated carbocycles. The van der Waals surface area contributed by atoms with E-state index in [4.69, 9.17) is 5.11 Å². The van der Waals surface area contributed by atoms with Gasteiger partial charge >= 0.3 is 12.1 Å². The number of carboxylic acids is 1. The lowest BCUT2D eigenvalue weighted by atomic mass is 9.97. The number of rotatable bonds is 5. The van der Waals surface area contributed by atoms with Crippen LogP contribution < -0.4 is 5.32 Å². The maximum atomic E-state index is 13.0. The lowest BCUT2D eigenvalue weighted by molar-refractivity contribution is -0.143. The first-order chi connectivity index (χ1) is 11.7. The minimum Gasteiger partial charge on any atom is -0.481 e. The quantitative estimate of drug-likeness (QED) is 0.748. The molecule has 1 amide bonds. The molecule has 0 aromatic heterocycles. The number of alkyl halides is 3. The largest absolute Gasteiger partial charge is 0.481 e. The molecule has 1 aromatic carbocycles. The number of carboxylic acid groups (broad SMARTS) is 1. The first-order valence-electron chi connectivity index (χ1n) is 7.74. The normalized spacial score (nSPS) is 16.0. The topological polar surface area (TPSA) is 69.6 Å². The van der Waals surface area contributed by atoms with Gasteiger partial charge in [-0.15, -0.1) is 12.4 Å². The van der Waals surface area contributed by atoms with Crippen LogP contribution in [0.4, 0.5) is 17.6 Å². The first kappa shape index (κ1) is 22.2. The third-order valence-electron chi connectivity index (χ3n) is 4.16. The van der Waals surface area contributed by atoms with Crippen LogP contribution in [-0.2, 0) is 22.3 Å². The highest BCUT2D eigenvalue weighted by molar-refractivity contribution is 5.85. The molecular weight excluding hydrogens is 380 g/mol. The van der Waals surface area contributed by atoms with Gasteiger partial charge < -0.3 is 10.4 Å². The van der Waals surface area contributed by atoms with Crippen LogP contribution in [0.15, 0.2) is 18.2 Å². The number of piperidine rings is 1. The van der Waals surface area contributed by atoms with Gasteiger partial charge in [0.15, 0.2) is 0 Å². The van der Waals surface area contributed by atoms with Gasteiger partial charge in [-0.25, -0.2) is 4.39 Å². The fourth-order valence-electron chi connectivity index (χ4n) is 2.76. The number of carbonyl (C=O) groups excluding carboxylic acids is 1. The second kappa shape index (κ2) is 9.18. The van der Waals surface area contributed by atoms with E-state index in [1.54, 1.807) is 4.90 Å². The van der Waals surface area contributed by atoms with Crippen molar-refractivity contribution in [1.29, 1.82) is 0 Å². The van der Waals surface area contributed by atoms with Gasteiger partial charge in [0.25, 0.3) is 0 Å². The van der Waals surface area contributed by atoms with E-state index in [1.807, 2.05) is 0 Å². The van der Waals surface area contributed by atoms with E-state index >= 15 is 0 Å². The minimum absolute atomic E-state index is 0. The molecule has 146 valence electrons. The van der Waals surface area contributed by atoms with E-state index in [0.717, 1.165) is 12.1 Å². The number of carbonyl (C=O) groups is 2. The molecule has 1 aliphatic rings. The molecule has 0 unspecified atom stereocenters. The second-order valence-electron chi connectivity index (χ2n) is 5.96. The van der Waals surface area contributed by atoms with E-state index in [1.165, 1.54) is 0 Å². The number of hydrogen-bond donors (Lipinski definition) is 2. The Balaban J connectivity index is 0.00000338. The third kappa shape index (κ3) is 6.14. The highest BCUT2D eigenvalue weighted by Crippen LogP contribution is 2.32. The van der Waals surface area contributed by atoms with Crippen LogP contribution in [0.2, 0.25) is 0 Å². The molecule has 0 bridgehead atoms. The maximum absolute atomic E-state index is 13.0. The average Bonchev–Trinajstić information content (AvgIpc) is 2.53. The lowest BCUT2D eigenvalue weighted by Gasteiger charge is -2.29. The SMILES string of the molecule is Cl.O=C(CN1CCC(C(=O)O)CC1)NCc1ccc(F)cc1C(F)(F)F. The smallest absolute Gasteiger partial charge is 0.416 e. The van der Waals surface area contributed by atoms with Gasteiger partial charge in [-0.3, -0.25) is 14.5 Å². The van der Waals surface area contributed by atoms with Crippen molar-refractivity contribution in [2.24, 2.45) is 5.92 Å². The summed E-state index contributed by atoms with van der Waals surface area (Å²) >= 11 is 0. The number of aliphatic carboxylic acids is 1. The van der Waals surface area contributed by atoms with Gasteiger partial charge in [0.2, 0.25) is 5.91 Å². The summed E-state index contributed by atoms with van der Waals surface area (Å²) in [6.45, 7) is 0.498. The Labute approximate surface area is 153 Å². The van der Waals surface area contributed by atoms with Crippen LogP contribution in [0.1, 0.15) is 24.0 Å². The molecule has 1 saturated heterocycles. The number of nitrogens with one attached hydrogen (secondary N) is 1. The van der Waals surface area contributed by atoms with Gasteiger partial charge in [0, 0.05) is 6.54 Å². The molecule has 1 aliphatic heterocycles. The van der Waals surface area contributed by atoms with Crippen molar-refractivity contribution in [3.63, 3.8) is 0 Å². The summed E-state index contributed by atoms with van der Waals surface area (Å²) in [5, 5.41) is 11.3. The van der Waals surface area contributed by atoms with Gasteiger partial charge in [0.05, 0.1) is 18.0 Å². The zero-order chi connectivity index (χ0) is 18.6. The molecule has 0 spiro atoms. The van der Waals surface area contributed by atoms with Crippen molar-refractivity contribution >= 4 is 24.3 Å². The van der Waals surface area contributed by atoms with Crippen LogP contribution >= 0.6 is 12.4 Å². The van der Waals surface area contributed by atoms with Crippen LogP contribution in [0.25, 0.3) is 0 Å². The molecular formula is C16H19ClF4N2O3. The van der Waals surface area contributed by atoms with Crippen molar-refractivity contribution in [3.8, 4) is 0 Å². The molecule has 0 radical (unpaired) electrons. The second-order valence-corrected chi connectivity index (χ2v) is 5.96. The monoisotopic (exact) mass is 398 g/mol. The Hall–Kier alpha value is -1.87. The number of likely N-dealkylation sites (tertiary alicyclic amines) is 1. The minimum atomic E-state index is -4.71. The van der Waals surface area contributed by atoms with Crippen LogP contribution in [0, 0.1) is 11.7 Å². The lowest BCUT2D eigenvalue weighted by Crippen LogP contribution is -2.42. The molecule has 1 fully saturated rings. The molecule has 0 atom stereocenters. The standard InChI is InChI=1S/C16H18F4N2O3.ClH/c17-12-2-1-11(13(7-12)16(18,19)20)8-21-14(23)9-22-5-3-10(4-6-22)15(24)25;/h1-2,7,10H,3-6,8-9H2,(H,21,23)(H,24,25);1H. The summed E-state index contributed by atoms with van der Waals surface area (Å²) < 4.78 is 51.7. The van der Waals surface area contributed by atoms with E-state index in [2.05, 4.69) is 5.32 Å². The summed E-state index contributed by atoms with van der Waals surface area (Å²) in [4.78, 5) is 24.5. The Bertz CT molecular complexity index is 647. The van der Waals surface area contributed by atoms with E-state index in [-0.39, 0.29) is 31.1 Å². The predicted octanol–water partition coefficient (Wildman–Crippen LogP) is 2.68. The van der Waals surface area contributed by atoms with Gasteiger partial charge in [-0.05, 0) is 43.6 Å². The highest BCUT2D eigenvalue weighted by atomic mass is 35.5. The van der Waals surface area contributed by atoms with Gasteiger partial charge in [-0.2, -0.15) is 13.2 Å². The molecule has 5 nitrogen and oxygen atoms in total. The van der Waals surface area contributed by atoms with Crippen molar-refractivity contribution < 1.29 is 32.3 Å². The Morgan fingerprint density at radius 1 is 1.23 bits per heavy atom. The molecule has 10 heteroatoms. The van der Waals surface area contributed by atoms with Crippen molar-refractivity contribution in [2.45, 2.75) is 25.6 Å². The Morgan fingerprint density at radius 3 is 2.38 bits per heavy atom. The Kier molecular flexibility index (Phi) is 7.83. The van der Waals surface area contributed by atoms with E-state index in [9.17, 15) is 27.2 Å². The molecule has 0 aliphatic carbocycles. The Morgan fingerprint density at radius 2 is 1.85 bits per heavy atom. The fourth-order valence-corrected chi connectivity index (χ4v) is 2.76. The number of amides is 1. The fraction of sp³-hybridized carbons (Fsp3) is 0.500. The summed E-state index contributed by atoms with van der Waals surface area (Å²) in [7, 11) is 0. The summed E-state index contributed by atoms with van der Waals surface area (Å²) in [5.74, 6) is -2.75. The van der Waals surface area contributed by atoms with Gasteiger partial charge in [-0.1, -0.05) is 6.07 Å². The maximum Gasteiger partial charge on any atom is 0.416 e. The summed E-state index contributed by atoms with van der Waals surface area (Å²) in [5.41, 5.74) is -1.33. The number of hydrogen-bond acceptors (Lipinski definition) is 3. The number of halogens is 5.